The van der Waals surface area contributed by atoms with Crippen molar-refractivity contribution in [2.75, 3.05) is 0 Å². The maximum atomic E-state index is 11.6. The summed E-state index contributed by atoms with van der Waals surface area (Å²) >= 11 is 0. The molecule has 1 heterocycles. The van der Waals surface area contributed by atoms with E-state index in [-0.39, 0.29) is 23.1 Å². The molecule has 1 amide bonds. The predicted octanol–water partition coefficient (Wildman–Crippen LogP) is 0.857. The van der Waals surface area contributed by atoms with Crippen LogP contribution in [0.3, 0.4) is 0 Å². The monoisotopic (exact) mass is 280 g/mol. The van der Waals surface area contributed by atoms with Crippen LogP contribution in [-0.4, -0.2) is 14.3 Å². The minimum Gasteiger partial charge on any atom is -0.459 e. The van der Waals surface area contributed by atoms with Crippen molar-refractivity contribution in [3.8, 4) is 0 Å². The topological polar surface area (TPSA) is 102 Å². The van der Waals surface area contributed by atoms with E-state index in [1.807, 2.05) is 0 Å². The molecule has 6 nitrogen and oxygen atoms in total. The summed E-state index contributed by atoms with van der Waals surface area (Å²) in [5.41, 5.74) is 0.757. The summed E-state index contributed by atoms with van der Waals surface area (Å²) in [6.07, 6.45) is 1.41. The second-order valence-electron chi connectivity index (χ2n) is 3.85. The molecule has 1 aromatic heterocycles. The number of primary sulfonamides is 1. The molecular weight excluding hydrogens is 268 g/mol. The Bertz CT molecular complexity index is 660. The molecule has 0 unspecified atom stereocenters. The van der Waals surface area contributed by atoms with Crippen molar-refractivity contribution in [2.24, 2.45) is 5.14 Å². The van der Waals surface area contributed by atoms with Crippen LogP contribution in [0.15, 0.2) is 52.0 Å². The van der Waals surface area contributed by atoms with Crippen molar-refractivity contribution in [2.45, 2.75) is 11.4 Å². The summed E-state index contributed by atoms with van der Waals surface area (Å²) in [5, 5.41) is 7.63. The molecule has 0 aliphatic rings. The second-order valence-corrected chi connectivity index (χ2v) is 5.41. The average molecular weight is 280 g/mol. The lowest BCUT2D eigenvalue weighted by Crippen LogP contribution is -2.22. The lowest BCUT2D eigenvalue weighted by atomic mass is 10.2. The molecule has 0 bridgehead atoms. The molecule has 2 aromatic rings. The molecule has 19 heavy (non-hydrogen) atoms. The van der Waals surface area contributed by atoms with E-state index in [9.17, 15) is 13.2 Å². The molecule has 100 valence electrons. The van der Waals surface area contributed by atoms with Gasteiger partial charge in [-0.1, -0.05) is 12.1 Å². The number of nitrogens with one attached hydrogen (secondary N) is 1. The van der Waals surface area contributed by atoms with Gasteiger partial charge in [0, 0.05) is 6.54 Å². The summed E-state index contributed by atoms with van der Waals surface area (Å²) in [6.45, 7) is 0.268. The number of hydrogen-bond acceptors (Lipinski definition) is 4. The molecule has 3 N–H and O–H groups in total. The largest absolute Gasteiger partial charge is 0.459 e. The number of furan rings is 1. The number of amides is 1. The quantitative estimate of drug-likeness (QED) is 0.866. The SMILES string of the molecule is NS(=O)(=O)c1ccc(CNC(=O)c2ccco2)cc1. The fourth-order valence-electron chi connectivity index (χ4n) is 1.47. The van der Waals surface area contributed by atoms with Gasteiger partial charge < -0.3 is 9.73 Å². The zero-order chi connectivity index (χ0) is 13.9. The molecule has 0 aliphatic heterocycles. The van der Waals surface area contributed by atoms with Crippen molar-refractivity contribution >= 4 is 15.9 Å². The first kappa shape index (κ1) is 13.3. The van der Waals surface area contributed by atoms with Gasteiger partial charge in [0.2, 0.25) is 10.0 Å². The Morgan fingerprint density at radius 2 is 1.89 bits per heavy atom. The van der Waals surface area contributed by atoms with Crippen molar-refractivity contribution < 1.29 is 17.6 Å². The zero-order valence-corrected chi connectivity index (χ0v) is 10.7. The molecule has 0 atom stereocenters. The van der Waals surface area contributed by atoms with Gasteiger partial charge in [-0.05, 0) is 29.8 Å². The van der Waals surface area contributed by atoms with E-state index >= 15 is 0 Å². The Labute approximate surface area is 110 Å². The van der Waals surface area contributed by atoms with Gasteiger partial charge in [-0.15, -0.1) is 0 Å². The van der Waals surface area contributed by atoms with Gasteiger partial charge in [0.05, 0.1) is 11.2 Å². The highest BCUT2D eigenvalue weighted by atomic mass is 32.2. The van der Waals surface area contributed by atoms with Crippen LogP contribution < -0.4 is 10.5 Å². The molecule has 7 heteroatoms. The normalized spacial score (nSPS) is 11.2. The molecule has 0 spiro atoms. The lowest BCUT2D eigenvalue weighted by Gasteiger charge is -2.04. The van der Waals surface area contributed by atoms with Gasteiger partial charge in [-0.3, -0.25) is 4.79 Å². The number of hydrogen-bond donors (Lipinski definition) is 2. The van der Waals surface area contributed by atoms with Crippen molar-refractivity contribution in [1.29, 1.82) is 0 Å². The van der Waals surface area contributed by atoms with Crippen LogP contribution in [0.2, 0.25) is 0 Å². The van der Waals surface area contributed by atoms with E-state index in [2.05, 4.69) is 5.32 Å². The highest BCUT2D eigenvalue weighted by Gasteiger charge is 2.09. The maximum Gasteiger partial charge on any atom is 0.287 e. The summed E-state index contributed by atoms with van der Waals surface area (Å²) in [7, 11) is -3.69. The third-order valence-electron chi connectivity index (χ3n) is 2.45. The van der Waals surface area contributed by atoms with Crippen LogP contribution in [0.1, 0.15) is 16.1 Å². The second kappa shape index (κ2) is 5.25. The van der Waals surface area contributed by atoms with Gasteiger partial charge in [-0.2, -0.15) is 0 Å². The molecule has 1 aromatic carbocycles. The maximum absolute atomic E-state index is 11.6. The van der Waals surface area contributed by atoms with E-state index in [1.54, 1.807) is 24.3 Å². The minimum absolute atomic E-state index is 0.0358. The zero-order valence-electron chi connectivity index (χ0n) is 9.87. The van der Waals surface area contributed by atoms with Crippen LogP contribution in [0.4, 0.5) is 0 Å². The summed E-state index contributed by atoms with van der Waals surface area (Å²) < 4.78 is 27.1. The van der Waals surface area contributed by atoms with Gasteiger partial charge >= 0.3 is 0 Å². The Hall–Kier alpha value is -2.12. The van der Waals surface area contributed by atoms with E-state index in [0.29, 0.717) is 0 Å². The predicted molar refractivity (Wildman–Crippen MR) is 67.7 cm³/mol. The fourth-order valence-corrected chi connectivity index (χ4v) is 1.99. The number of rotatable bonds is 4. The van der Waals surface area contributed by atoms with Gasteiger partial charge in [0.1, 0.15) is 0 Å². The molecule has 0 fully saturated rings. The van der Waals surface area contributed by atoms with E-state index in [1.165, 1.54) is 18.4 Å². The standard InChI is InChI=1S/C12H12N2O4S/c13-19(16,17)10-5-3-9(4-6-10)8-14-12(15)11-2-1-7-18-11/h1-7H,8H2,(H,14,15)(H2,13,16,17). The number of nitrogens with two attached hydrogens (primary N) is 1. The van der Waals surface area contributed by atoms with Crippen molar-refractivity contribution in [3.63, 3.8) is 0 Å². The number of carbonyl (C=O) groups is 1. The minimum atomic E-state index is -3.69. The molecule has 2 rings (SSSR count). The van der Waals surface area contributed by atoms with E-state index < -0.39 is 10.0 Å². The third kappa shape index (κ3) is 3.43. The Morgan fingerprint density at radius 1 is 1.21 bits per heavy atom. The fraction of sp³-hybridized carbons (Fsp3) is 0.0833. The Kier molecular flexibility index (Phi) is 3.68. The molecular formula is C12H12N2O4S. The smallest absolute Gasteiger partial charge is 0.287 e. The number of carbonyl (C=O) groups excluding carboxylic acids is 1. The number of benzene rings is 1. The van der Waals surface area contributed by atoms with Crippen molar-refractivity contribution in [1.82, 2.24) is 5.32 Å². The van der Waals surface area contributed by atoms with E-state index in [4.69, 9.17) is 9.56 Å². The van der Waals surface area contributed by atoms with Gasteiger partial charge in [0.25, 0.3) is 5.91 Å². The summed E-state index contributed by atoms with van der Waals surface area (Å²) in [5.74, 6) is -0.110. The Morgan fingerprint density at radius 3 is 2.42 bits per heavy atom. The first-order chi connectivity index (χ1) is 8.97. The summed E-state index contributed by atoms with van der Waals surface area (Å²) in [6, 6.07) is 9.13. The summed E-state index contributed by atoms with van der Waals surface area (Å²) in [4.78, 5) is 11.6. The Balaban J connectivity index is 1.99. The van der Waals surface area contributed by atoms with Crippen LogP contribution >= 0.6 is 0 Å². The van der Waals surface area contributed by atoms with Crippen LogP contribution in [-0.2, 0) is 16.6 Å². The number of sulfonamides is 1. The average Bonchev–Trinajstić information content (AvgIpc) is 2.89. The van der Waals surface area contributed by atoms with E-state index in [0.717, 1.165) is 5.56 Å². The van der Waals surface area contributed by atoms with Crippen LogP contribution in [0.25, 0.3) is 0 Å². The molecule has 0 saturated carbocycles. The lowest BCUT2D eigenvalue weighted by molar-refractivity contribution is 0.0923. The molecule has 0 aliphatic carbocycles. The highest BCUT2D eigenvalue weighted by molar-refractivity contribution is 7.89. The first-order valence-corrected chi connectivity index (χ1v) is 6.95. The van der Waals surface area contributed by atoms with Crippen molar-refractivity contribution in [3.05, 3.63) is 54.0 Å². The molecule has 0 saturated heterocycles. The first-order valence-electron chi connectivity index (χ1n) is 5.40. The highest BCUT2D eigenvalue weighted by Crippen LogP contribution is 2.09. The molecule has 0 radical (unpaired) electrons. The van der Waals surface area contributed by atoms with Crippen LogP contribution in [0.5, 0.6) is 0 Å². The third-order valence-corrected chi connectivity index (χ3v) is 3.38. The van der Waals surface area contributed by atoms with Gasteiger partial charge in [-0.25, -0.2) is 13.6 Å². The van der Waals surface area contributed by atoms with Gasteiger partial charge in [0.15, 0.2) is 5.76 Å². The van der Waals surface area contributed by atoms with Crippen LogP contribution in [0, 0.1) is 0 Å².